The first kappa shape index (κ1) is 19.0. The summed E-state index contributed by atoms with van der Waals surface area (Å²) in [4.78, 5) is 2.37. The SMILES string of the molecule is CC.CC(C)(CCc1cccc(Cl)c1)N1Cc2cccc(F)c2C1. The van der Waals surface area contributed by atoms with E-state index >= 15 is 0 Å². The Labute approximate surface area is 150 Å². The first-order valence-corrected chi connectivity index (χ1v) is 9.09. The molecule has 3 heteroatoms. The second kappa shape index (κ2) is 8.13. The average molecular weight is 348 g/mol. The van der Waals surface area contributed by atoms with Crippen molar-refractivity contribution in [2.24, 2.45) is 0 Å². The smallest absolute Gasteiger partial charge is 0.128 e. The van der Waals surface area contributed by atoms with Crippen molar-refractivity contribution in [3.63, 3.8) is 0 Å². The van der Waals surface area contributed by atoms with Gasteiger partial charge in [-0.05, 0) is 56.0 Å². The molecular weight excluding hydrogens is 321 g/mol. The Morgan fingerprint density at radius 2 is 1.79 bits per heavy atom. The third kappa shape index (κ3) is 4.37. The molecule has 3 rings (SSSR count). The highest BCUT2D eigenvalue weighted by molar-refractivity contribution is 6.30. The minimum atomic E-state index is -0.0781. The van der Waals surface area contributed by atoms with E-state index < -0.39 is 0 Å². The van der Waals surface area contributed by atoms with Crippen LogP contribution in [-0.2, 0) is 19.5 Å². The maximum absolute atomic E-state index is 13.9. The van der Waals surface area contributed by atoms with Gasteiger partial charge in [0.1, 0.15) is 5.82 Å². The molecule has 1 heterocycles. The summed E-state index contributed by atoms with van der Waals surface area (Å²) in [6.07, 6.45) is 1.99. The number of aryl methyl sites for hydroxylation is 1. The normalized spacial score (nSPS) is 14.1. The van der Waals surface area contributed by atoms with Crippen molar-refractivity contribution in [3.05, 3.63) is 70.0 Å². The molecule has 0 saturated carbocycles. The molecule has 2 aromatic carbocycles. The lowest BCUT2D eigenvalue weighted by atomic mass is 9.93. The van der Waals surface area contributed by atoms with Crippen LogP contribution in [0.4, 0.5) is 4.39 Å². The van der Waals surface area contributed by atoms with Gasteiger partial charge in [-0.15, -0.1) is 0 Å². The second-order valence-corrected chi connectivity index (χ2v) is 7.11. The van der Waals surface area contributed by atoms with Crippen molar-refractivity contribution in [2.75, 3.05) is 0 Å². The summed E-state index contributed by atoms with van der Waals surface area (Å²) in [7, 11) is 0. The van der Waals surface area contributed by atoms with Crippen LogP contribution >= 0.6 is 11.6 Å². The molecule has 1 aliphatic heterocycles. The lowest BCUT2D eigenvalue weighted by Crippen LogP contribution is -2.40. The van der Waals surface area contributed by atoms with Crippen LogP contribution in [0.5, 0.6) is 0 Å². The number of fused-ring (bicyclic) bond motifs is 1. The summed E-state index contributed by atoms with van der Waals surface area (Å²) in [5.41, 5.74) is 3.26. The molecule has 0 aliphatic carbocycles. The number of rotatable bonds is 4. The van der Waals surface area contributed by atoms with Crippen LogP contribution in [-0.4, -0.2) is 10.4 Å². The monoisotopic (exact) mass is 347 g/mol. The zero-order valence-electron chi connectivity index (χ0n) is 15.1. The molecule has 0 spiro atoms. The van der Waals surface area contributed by atoms with Crippen molar-refractivity contribution < 1.29 is 4.39 Å². The average Bonchev–Trinajstić information content (AvgIpc) is 3.02. The quantitative estimate of drug-likeness (QED) is 0.633. The van der Waals surface area contributed by atoms with Crippen LogP contribution in [0.2, 0.25) is 5.02 Å². The van der Waals surface area contributed by atoms with Crippen LogP contribution in [0.3, 0.4) is 0 Å². The summed E-state index contributed by atoms with van der Waals surface area (Å²) >= 11 is 6.05. The molecule has 0 N–H and O–H groups in total. The van der Waals surface area contributed by atoms with E-state index in [9.17, 15) is 4.39 Å². The van der Waals surface area contributed by atoms with Gasteiger partial charge in [0.05, 0.1) is 0 Å². The number of halogens is 2. The Morgan fingerprint density at radius 1 is 1.08 bits per heavy atom. The summed E-state index contributed by atoms with van der Waals surface area (Å²) in [5, 5.41) is 0.783. The topological polar surface area (TPSA) is 3.24 Å². The molecule has 0 amide bonds. The molecule has 130 valence electrons. The van der Waals surface area contributed by atoms with E-state index in [4.69, 9.17) is 11.6 Å². The molecule has 1 nitrogen and oxygen atoms in total. The third-order valence-corrected chi connectivity index (χ3v) is 4.93. The second-order valence-electron chi connectivity index (χ2n) is 6.68. The number of hydrogen-bond acceptors (Lipinski definition) is 1. The fourth-order valence-corrected chi connectivity index (χ4v) is 3.32. The molecule has 0 radical (unpaired) electrons. The van der Waals surface area contributed by atoms with Crippen molar-refractivity contribution in [1.29, 1.82) is 0 Å². The van der Waals surface area contributed by atoms with E-state index in [2.05, 4.69) is 24.8 Å². The molecule has 0 unspecified atom stereocenters. The summed E-state index contributed by atoms with van der Waals surface area (Å²) in [6.45, 7) is 10.0. The zero-order valence-corrected chi connectivity index (χ0v) is 15.8. The van der Waals surface area contributed by atoms with E-state index in [0.29, 0.717) is 6.54 Å². The molecule has 0 fully saturated rings. The Bertz CT molecular complexity index is 681. The largest absolute Gasteiger partial charge is 0.290 e. The van der Waals surface area contributed by atoms with Gasteiger partial charge in [-0.1, -0.05) is 49.7 Å². The Morgan fingerprint density at radius 3 is 2.46 bits per heavy atom. The van der Waals surface area contributed by atoms with Gasteiger partial charge in [0.25, 0.3) is 0 Å². The van der Waals surface area contributed by atoms with Gasteiger partial charge in [0.15, 0.2) is 0 Å². The van der Waals surface area contributed by atoms with Gasteiger partial charge in [-0.2, -0.15) is 0 Å². The molecule has 0 atom stereocenters. The summed E-state index contributed by atoms with van der Waals surface area (Å²) in [6, 6.07) is 13.4. The number of benzene rings is 2. The van der Waals surface area contributed by atoms with E-state index in [0.717, 1.165) is 35.5 Å². The van der Waals surface area contributed by atoms with Gasteiger partial charge in [0, 0.05) is 29.2 Å². The molecule has 0 bridgehead atoms. The molecule has 0 saturated heterocycles. The predicted molar refractivity (Wildman–Crippen MR) is 101 cm³/mol. The minimum absolute atomic E-state index is 0.0216. The highest BCUT2D eigenvalue weighted by Crippen LogP contribution is 2.33. The van der Waals surface area contributed by atoms with Gasteiger partial charge in [-0.3, -0.25) is 4.90 Å². The Kier molecular flexibility index (Phi) is 6.42. The standard InChI is InChI=1S/C19H21ClFN.C2H6/c1-19(2,10-9-14-5-3-7-16(20)11-14)22-12-15-6-4-8-18(21)17(15)13-22;1-2/h3-8,11H,9-10,12-13H2,1-2H3;1-2H3. The van der Waals surface area contributed by atoms with Crippen LogP contribution in [0.25, 0.3) is 0 Å². The first-order valence-electron chi connectivity index (χ1n) is 8.71. The van der Waals surface area contributed by atoms with Crippen LogP contribution < -0.4 is 0 Å². The summed E-state index contributed by atoms with van der Waals surface area (Å²) < 4.78 is 13.9. The van der Waals surface area contributed by atoms with E-state index in [1.54, 1.807) is 12.1 Å². The van der Waals surface area contributed by atoms with Crippen molar-refractivity contribution in [3.8, 4) is 0 Å². The lowest BCUT2D eigenvalue weighted by Gasteiger charge is -2.35. The molecular formula is C21H27ClFN. The van der Waals surface area contributed by atoms with E-state index in [1.165, 1.54) is 5.56 Å². The first-order chi connectivity index (χ1) is 11.5. The molecule has 0 aromatic heterocycles. The molecule has 2 aromatic rings. The maximum Gasteiger partial charge on any atom is 0.128 e. The Balaban J connectivity index is 0.00000100. The third-order valence-electron chi connectivity index (χ3n) is 4.70. The molecule has 24 heavy (non-hydrogen) atoms. The highest BCUT2D eigenvalue weighted by Gasteiger charge is 2.32. The van der Waals surface area contributed by atoms with E-state index in [-0.39, 0.29) is 11.4 Å². The van der Waals surface area contributed by atoms with Crippen LogP contribution in [0, 0.1) is 5.82 Å². The van der Waals surface area contributed by atoms with Crippen molar-refractivity contribution in [2.45, 2.75) is 59.2 Å². The summed E-state index contributed by atoms with van der Waals surface area (Å²) in [5.74, 6) is -0.0781. The predicted octanol–water partition coefficient (Wildman–Crippen LogP) is 6.23. The van der Waals surface area contributed by atoms with Gasteiger partial charge >= 0.3 is 0 Å². The number of nitrogens with zero attached hydrogens (tertiary/aromatic N) is 1. The van der Waals surface area contributed by atoms with Crippen molar-refractivity contribution >= 4 is 11.6 Å². The van der Waals surface area contributed by atoms with Crippen LogP contribution in [0.1, 0.15) is 50.8 Å². The highest BCUT2D eigenvalue weighted by atomic mass is 35.5. The molecule has 1 aliphatic rings. The fourth-order valence-electron chi connectivity index (χ4n) is 3.11. The van der Waals surface area contributed by atoms with Gasteiger partial charge in [0.2, 0.25) is 0 Å². The Hall–Kier alpha value is -1.38. The number of hydrogen-bond donors (Lipinski definition) is 0. The van der Waals surface area contributed by atoms with Gasteiger partial charge < -0.3 is 0 Å². The van der Waals surface area contributed by atoms with Crippen molar-refractivity contribution in [1.82, 2.24) is 4.90 Å². The van der Waals surface area contributed by atoms with Crippen LogP contribution in [0.15, 0.2) is 42.5 Å². The maximum atomic E-state index is 13.9. The fraction of sp³-hybridized carbons (Fsp3) is 0.429. The zero-order chi connectivity index (χ0) is 17.7. The van der Waals surface area contributed by atoms with Gasteiger partial charge in [-0.25, -0.2) is 4.39 Å². The lowest BCUT2D eigenvalue weighted by molar-refractivity contribution is 0.109. The van der Waals surface area contributed by atoms with E-state index in [1.807, 2.05) is 38.1 Å². The minimum Gasteiger partial charge on any atom is -0.290 e.